The average molecular weight is 473 g/mol. The summed E-state index contributed by atoms with van der Waals surface area (Å²) < 4.78 is 20.2. The number of carbonyl (C=O) groups is 1. The Morgan fingerprint density at radius 2 is 1.94 bits per heavy atom. The van der Waals surface area contributed by atoms with Crippen molar-refractivity contribution in [1.29, 1.82) is 0 Å². The molecule has 1 fully saturated rings. The maximum absolute atomic E-state index is 13.0. The van der Waals surface area contributed by atoms with Gasteiger partial charge >= 0.3 is 0 Å². The van der Waals surface area contributed by atoms with E-state index in [1.807, 2.05) is 10.9 Å². The maximum atomic E-state index is 13.0. The molecule has 1 amide bonds. The fourth-order valence-electron chi connectivity index (χ4n) is 3.73. The first-order valence-electron chi connectivity index (χ1n) is 11.3. The summed E-state index contributed by atoms with van der Waals surface area (Å²) in [6, 6.07) is 5.57. The van der Waals surface area contributed by atoms with E-state index >= 15 is 0 Å². The Bertz CT molecular complexity index is 1080. The molecule has 1 aliphatic rings. The molecule has 8 nitrogen and oxygen atoms in total. The van der Waals surface area contributed by atoms with Gasteiger partial charge in [-0.1, -0.05) is 25.6 Å². The Morgan fingerprint density at radius 1 is 1.18 bits per heavy atom. The standard InChI is InChI=1S/C23H29FN6O2S/c1-16(2)33-23-27-21(29-11-4-3-5-12-29)19-14-26-30(22(19)28-23)13-10-25-20(31)15-32-18-8-6-17(24)7-9-18/h6-9,14,16H,3-5,10-13,15H2,1-2H3,(H,25,31). The molecule has 0 spiro atoms. The summed E-state index contributed by atoms with van der Waals surface area (Å²) in [5, 5.41) is 9.42. The lowest BCUT2D eigenvalue weighted by molar-refractivity contribution is -0.123. The summed E-state index contributed by atoms with van der Waals surface area (Å²) in [5.74, 6) is 0.795. The second kappa shape index (κ2) is 10.8. The van der Waals surface area contributed by atoms with E-state index in [1.165, 1.54) is 30.7 Å². The van der Waals surface area contributed by atoms with Crippen LogP contribution in [0.25, 0.3) is 11.0 Å². The molecule has 33 heavy (non-hydrogen) atoms. The van der Waals surface area contributed by atoms with Gasteiger partial charge in [0.05, 0.1) is 18.1 Å². The number of hydrogen-bond acceptors (Lipinski definition) is 7. The summed E-state index contributed by atoms with van der Waals surface area (Å²) in [6.07, 6.45) is 5.40. The van der Waals surface area contributed by atoms with Crippen molar-refractivity contribution in [2.75, 3.05) is 31.1 Å². The van der Waals surface area contributed by atoms with E-state index in [2.05, 4.69) is 29.2 Å². The van der Waals surface area contributed by atoms with E-state index in [4.69, 9.17) is 14.7 Å². The van der Waals surface area contributed by atoms with Crippen LogP contribution in [0.1, 0.15) is 33.1 Å². The number of piperidine rings is 1. The van der Waals surface area contributed by atoms with Gasteiger partial charge in [0.15, 0.2) is 17.4 Å². The minimum Gasteiger partial charge on any atom is -0.484 e. The van der Waals surface area contributed by atoms with Gasteiger partial charge in [0.1, 0.15) is 17.4 Å². The zero-order valence-electron chi connectivity index (χ0n) is 19.0. The number of halogens is 1. The highest BCUT2D eigenvalue weighted by atomic mass is 32.2. The van der Waals surface area contributed by atoms with Crippen molar-refractivity contribution in [1.82, 2.24) is 25.1 Å². The highest BCUT2D eigenvalue weighted by Gasteiger charge is 2.20. The second-order valence-electron chi connectivity index (χ2n) is 8.24. The van der Waals surface area contributed by atoms with Gasteiger partial charge in [-0.05, 0) is 43.5 Å². The normalized spacial score (nSPS) is 14.1. The van der Waals surface area contributed by atoms with Crippen LogP contribution >= 0.6 is 11.8 Å². The van der Waals surface area contributed by atoms with Crippen LogP contribution in [0.15, 0.2) is 35.6 Å². The molecule has 0 radical (unpaired) electrons. The Hall–Kier alpha value is -2.88. The molecule has 0 unspecified atom stereocenters. The lowest BCUT2D eigenvalue weighted by atomic mass is 10.1. The van der Waals surface area contributed by atoms with Crippen LogP contribution in [0.5, 0.6) is 5.75 Å². The Labute approximate surface area is 196 Å². The molecule has 2 aromatic heterocycles. The van der Waals surface area contributed by atoms with Crippen LogP contribution in [-0.4, -0.2) is 57.1 Å². The average Bonchev–Trinajstić information content (AvgIpc) is 3.21. The van der Waals surface area contributed by atoms with Crippen LogP contribution < -0.4 is 15.0 Å². The number of carbonyl (C=O) groups excluding carboxylic acids is 1. The fourth-order valence-corrected chi connectivity index (χ4v) is 4.43. The quantitative estimate of drug-likeness (QED) is 0.376. The molecule has 176 valence electrons. The van der Waals surface area contributed by atoms with Crippen LogP contribution in [0.2, 0.25) is 0 Å². The fraction of sp³-hybridized carbons (Fsp3) is 0.478. The summed E-state index contributed by atoms with van der Waals surface area (Å²) >= 11 is 1.64. The number of ether oxygens (including phenoxy) is 1. The largest absolute Gasteiger partial charge is 0.484 e. The molecule has 4 rings (SSSR count). The lowest BCUT2D eigenvalue weighted by Gasteiger charge is -2.28. The SMILES string of the molecule is CC(C)Sc1nc(N2CCCCC2)c2cnn(CCNC(=O)COc3ccc(F)cc3)c2n1. The highest BCUT2D eigenvalue weighted by molar-refractivity contribution is 7.99. The molecular formula is C23H29FN6O2S. The van der Waals surface area contributed by atoms with Gasteiger partial charge in [-0.25, -0.2) is 19.0 Å². The van der Waals surface area contributed by atoms with Gasteiger partial charge < -0.3 is 15.0 Å². The number of benzene rings is 1. The zero-order chi connectivity index (χ0) is 23.2. The van der Waals surface area contributed by atoms with Crippen molar-refractivity contribution in [2.24, 2.45) is 0 Å². The molecule has 1 saturated heterocycles. The molecule has 0 bridgehead atoms. The molecule has 1 N–H and O–H groups in total. The van der Waals surface area contributed by atoms with Crippen molar-refractivity contribution in [3.05, 3.63) is 36.3 Å². The van der Waals surface area contributed by atoms with E-state index in [9.17, 15) is 9.18 Å². The zero-order valence-corrected chi connectivity index (χ0v) is 19.8. The van der Waals surface area contributed by atoms with Crippen molar-refractivity contribution in [3.63, 3.8) is 0 Å². The predicted octanol–water partition coefficient (Wildman–Crippen LogP) is 3.65. The number of rotatable bonds is 9. The van der Waals surface area contributed by atoms with Gasteiger partial charge in [0.2, 0.25) is 0 Å². The summed E-state index contributed by atoms with van der Waals surface area (Å²) in [6.45, 7) is 6.97. The van der Waals surface area contributed by atoms with Crippen LogP contribution in [-0.2, 0) is 11.3 Å². The van der Waals surface area contributed by atoms with Crippen molar-refractivity contribution >= 4 is 34.5 Å². The minimum absolute atomic E-state index is 0.137. The maximum Gasteiger partial charge on any atom is 0.258 e. The van der Waals surface area contributed by atoms with Gasteiger partial charge in [0.25, 0.3) is 5.91 Å². The number of thioether (sulfide) groups is 1. The molecular weight excluding hydrogens is 443 g/mol. The highest BCUT2D eigenvalue weighted by Crippen LogP contribution is 2.30. The summed E-state index contributed by atoms with van der Waals surface area (Å²) in [4.78, 5) is 24.1. The van der Waals surface area contributed by atoms with Crippen LogP contribution in [0.3, 0.4) is 0 Å². The van der Waals surface area contributed by atoms with Crippen molar-refractivity contribution in [3.8, 4) is 5.75 Å². The van der Waals surface area contributed by atoms with Crippen LogP contribution in [0.4, 0.5) is 10.2 Å². The molecule has 0 atom stereocenters. The number of anilines is 1. The van der Waals surface area contributed by atoms with E-state index in [1.54, 1.807) is 11.8 Å². The van der Waals surface area contributed by atoms with Gasteiger partial charge in [-0.2, -0.15) is 5.10 Å². The molecule has 1 aromatic carbocycles. The molecule has 1 aliphatic heterocycles. The first-order valence-corrected chi connectivity index (χ1v) is 12.2. The van der Waals surface area contributed by atoms with Crippen molar-refractivity contribution in [2.45, 2.75) is 50.1 Å². The number of aromatic nitrogens is 4. The number of fused-ring (bicyclic) bond motifs is 1. The number of hydrogen-bond donors (Lipinski definition) is 1. The Balaban J connectivity index is 1.41. The van der Waals surface area contributed by atoms with E-state index in [0.29, 0.717) is 24.1 Å². The lowest BCUT2D eigenvalue weighted by Crippen LogP contribution is -2.32. The number of nitrogens with zero attached hydrogens (tertiary/aromatic N) is 5. The van der Waals surface area contributed by atoms with E-state index < -0.39 is 0 Å². The van der Waals surface area contributed by atoms with Gasteiger partial charge in [-0.15, -0.1) is 0 Å². The minimum atomic E-state index is -0.347. The summed E-state index contributed by atoms with van der Waals surface area (Å²) in [7, 11) is 0. The number of amides is 1. The topological polar surface area (TPSA) is 85.2 Å². The van der Waals surface area contributed by atoms with Gasteiger partial charge in [0, 0.05) is 24.9 Å². The third-order valence-corrected chi connectivity index (χ3v) is 6.15. The third kappa shape index (κ3) is 6.13. The Morgan fingerprint density at radius 3 is 2.67 bits per heavy atom. The monoisotopic (exact) mass is 472 g/mol. The molecule has 0 saturated carbocycles. The smallest absolute Gasteiger partial charge is 0.258 e. The molecule has 3 aromatic rings. The predicted molar refractivity (Wildman–Crippen MR) is 127 cm³/mol. The van der Waals surface area contributed by atoms with Gasteiger partial charge in [-0.3, -0.25) is 4.79 Å². The second-order valence-corrected chi connectivity index (χ2v) is 9.79. The first-order chi connectivity index (χ1) is 16.0. The molecule has 3 heterocycles. The number of nitrogens with one attached hydrogen (secondary N) is 1. The first kappa shape index (κ1) is 23.3. The third-order valence-electron chi connectivity index (χ3n) is 5.28. The summed E-state index contributed by atoms with van der Waals surface area (Å²) in [5.41, 5.74) is 0.783. The molecule has 10 heteroatoms. The van der Waals surface area contributed by atoms with E-state index in [0.717, 1.165) is 47.9 Å². The van der Waals surface area contributed by atoms with E-state index in [-0.39, 0.29) is 18.3 Å². The Kier molecular flexibility index (Phi) is 7.64. The van der Waals surface area contributed by atoms with Crippen molar-refractivity contribution < 1.29 is 13.9 Å². The molecule has 0 aliphatic carbocycles. The van der Waals surface area contributed by atoms with Crippen LogP contribution in [0, 0.1) is 5.82 Å².